The van der Waals surface area contributed by atoms with Crippen LogP contribution in [0.4, 0.5) is 28.0 Å². The smallest absolute Gasteiger partial charge is 0.409 e. The lowest BCUT2D eigenvalue weighted by Gasteiger charge is -2.30. The zero-order chi connectivity index (χ0) is 16.0. The molecule has 0 bridgehead atoms. The van der Waals surface area contributed by atoms with E-state index in [0.29, 0.717) is 12.4 Å². The van der Waals surface area contributed by atoms with Crippen LogP contribution in [-0.2, 0) is 10.8 Å². The molecule has 0 atom stereocenters. The van der Waals surface area contributed by atoms with Gasteiger partial charge >= 0.3 is 18.4 Å². The van der Waals surface area contributed by atoms with Crippen molar-refractivity contribution >= 4 is 23.5 Å². The van der Waals surface area contributed by atoms with Gasteiger partial charge in [-0.25, -0.2) is 9.53 Å². The monoisotopic (exact) mass is 338 g/mol. The summed E-state index contributed by atoms with van der Waals surface area (Å²) in [5.41, 5.74) is -0.829. The summed E-state index contributed by atoms with van der Waals surface area (Å²) >= 11 is 1.57. The molecule has 2 heterocycles. The van der Waals surface area contributed by atoms with Crippen molar-refractivity contribution in [2.24, 2.45) is 0 Å². The molecular formula is C12H10F4N2O3S. The first kappa shape index (κ1) is 15.2. The van der Waals surface area contributed by atoms with Crippen molar-refractivity contribution in [3.63, 3.8) is 0 Å². The molecule has 0 unspecified atom stereocenters. The van der Waals surface area contributed by atoms with Crippen molar-refractivity contribution in [2.45, 2.75) is 12.4 Å². The Morgan fingerprint density at radius 3 is 2.77 bits per heavy atom. The first-order chi connectivity index (χ1) is 10.3. The molecule has 1 fully saturated rings. The molecule has 2 amide bonds. The summed E-state index contributed by atoms with van der Waals surface area (Å²) in [6.45, 7) is 0.552. The Kier molecular flexibility index (Phi) is 3.60. The van der Waals surface area contributed by atoms with E-state index in [1.807, 2.05) is 0 Å². The Morgan fingerprint density at radius 2 is 2.09 bits per heavy atom. The van der Waals surface area contributed by atoms with E-state index in [9.17, 15) is 22.4 Å². The minimum Gasteiger partial charge on any atom is -0.409 e. The molecule has 1 N–H and O–H groups in total. The van der Waals surface area contributed by atoms with E-state index in [1.165, 1.54) is 11.0 Å². The number of carbonyl (C=O) groups excluding carboxylic acids is 1. The van der Waals surface area contributed by atoms with E-state index in [-0.39, 0.29) is 5.69 Å². The maximum Gasteiger partial charge on any atom is 0.540 e. The molecule has 1 aromatic carbocycles. The number of thioether (sulfide) groups is 1. The molecule has 1 saturated heterocycles. The van der Waals surface area contributed by atoms with Crippen molar-refractivity contribution in [2.75, 3.05) is 23.5 Å². The molecule has 0 spiro atoms. The van der Waals surface area contributed by atoms with Gasteiger partial charge in [0.05, 0.1) is 11.4 Å². The van der Waals surface area contributed by atoms with Crippen LogP contribution < -0.4 is 10.1 Å². The molecule has 120 valence electrons. The van der Waals surface area contributed by atoms with Crippen molar-refractivity contribution in [1.82, 2.24) is 4.90 Å². The van der Waals surface area contributed by atoms with Crippen LogP contribution in [0.2, 0.25) is 0 Å². The summed E-state index contributed by atoms with van der Waals surface area (Å²) < 4.78 is 60.4. The summed E-state index contributed by atoms with van der Waals surface area (Å²) in [6, 6.07) is 2.55. The second kappa shape index (κ2) is 5.20. The molecule has 2 aliphatic heterocycles. The normalized spacial score (nSPS) is 21.9. The number of alkyl halides is 4. The largest absolute Gasteiger partial charge is 0.540 e. The molecule has 10 heteroatoms. The van der Waals surface area contributed by atoms with Crippen LogP contribution in [0.3, 0.4) is 0 Å². The number of benzene rings is 1. The maximum absolute atomic E-state index is 13.6. The molecule has 2 aliphatic rings. The van der Waals surface area contributed by atoms with Gasteiger partial charge in [0.2, 0.25) is 0 Å². The third kappa shape index (κ3) is 2.93. The highest BCUT2D eigenvalue weighted by Crippen LogP contribution is 2.46. The highest BCUT2D eigenvalue weighted by Gasteiger charge is 2.54. The maximum atomic E-state index is 13.6. The van der Waals surface area contributed by atoms with Crippen LogP contribution in [-0.4, -0.2) is 35.4 Å². The number of fused-ring (bicyclic) bond motifs is 1. The molecule has 0 radical (unpaired) electrons. The van der Waals surface area contributed by atoms with Crippen molar-refractivity contribution in [3.05, 3.63) is 23.8 Å². The van der Waals surface area contributed by atoms with Crippen LogP contribution in [0.1, 0.15) is 5.56 Å². The van der Waals surface area contributed by atoms with Crippen LogP contribution in [0, 0.1) is 0 Å². The fraction of sp³-hybridized carbons (Fsp3) is 0.417. The lowest BCUT2D eigenvalue weighted by molar-refractivity contribution is -0.461. The van der Waals surface area contributed by atoms with Gasteiger partial charge in [0.25, 0.3) is 0 Å². The fourth-order valence-corrected chi connectivity index (χ4v) is 3.00. The first-order valence-corrected chi connectivity index (χ1v) is 7.35. The third-order valence-electron chi connectivity index (χ3n) is 3.06. The van der Waals surface area contributed by atoms with Crippen LogP contribution in [0.15, 0.2) is 18.2 Å². The summed E-state index contributed by atoms with van der Waals surface area (Å²) in [6.07, 6.45) is -8.63. The summed E-state index contributed by atoms with van der Waals surface area (Å²) in [5, 5.41) is 2.43. The van der Waals surface area contributed by atoms with E-state index in [2.05, 4.69) is 14.8 Å². The highest BCUT2D eigenvalue weighted by molar-refractivity contribution is 7.99. The molecular weight excluding hydrogens is 328 g/mol. The van der Waals surface area contributed by atoms with Gasteiger partial charge in [-0.05, 0) is 18.2 Å². The number of carbonyl (C=O) groups is 1. The quantitative estimate of drug-likeness (QED) is 0.799. The Labute approximate surface area is 126 Å². The number of rotatable bonds is 1. The van der Waals surface area contributed by atoms with Crippen LogP contribution in [0.5, 0.6) is 5.75 Å². The van der Waals surface area contributed by atoms with Crippen LogP contribution >= 0.6 is 11.8 Å². The molecule has 3 rings (SSSR count). The molecule has 0 aliphatic carbocycles. The van der Waals surface area contributed by atoms with Crippen molar-refractivity contribution < 1.29 is 31.8 Å². The zero-order valence-electron chi connectivity index (χ0n) is 10.9. The van der Waals surface area contributed by atoms with Crippen LogP contribution in [0.25, 0.3) is 0 Å². The number of ether oxygens (including phenoxy) is 2. The number of urea groups is 1. The number of hydrogen-bond donors (Lipinski definition) is 1. The van der Waals surface area contributed by atoms with Gasteiger partial charge < -0.3 is 15.0 Å². The Bertz CT molecular complexity index is 608. The minimum absolute atomic E-state index is 0.0396. The van der Waals surface area contributed by atoms with Crippen molar-refractivity contribution in [1.29, 1.82) is 0 Å². The Morgan fingerprint density at radius 1 is 1.32 bits per heavy atom. The molecule has 0 saturated carbocycles. The van der Waals surface area contributed by atoms with Crippen molar-refractivity contribution in [3.8, 4) is 5.75 Å². The first-order valence-electron chi connectivity index (χ1n) is 6.20. The second-order valence-corrected chi connectivity index (χ2v) is 5.70. The SMILES string of the molecule is O=C(Nc1ccc2c(c1)C(F)(F)OC(F)(F)O2)N1CCSC1. The topological polar surface area (TPSA) is 50.8 Å². The lowest BCUT2D eigenvalue weighted by Crippen LogP contribution is -2.41. The number of hydrogen-bond acceptors (Lipinski definition) is 4. The van der Waals surface area contributed by atoms with E-state index < -0.39 is 29.7 Å². The average molecular weight is 338 g/mol. The van der Waals surface area contributed by atoms with Gasteiger partial charge in [0.1, 0.15) is 5.75 Å². The van der Waals surface area contributed by atoms with E-state index in [0.717, 1.165) is 17.9 Å². The minimum atomic E-state index is -4.41. The number of amides is 2. The zero-order valence-corrected chi connectivity index (χ0v) is 11.8. The van der Waals surface area contributed by atoms with Gasteiger partial charge in [-0.1, -0.05) is 0 Å². The number of nitrogens with one attached hydrogen (secondary N) is 1. The van der Waals surface area contributed by atoms with Gasteiger partial charge in [0.15, 0.2) is 0 Å². The second-order valence-electron chi connectivity index (χ2n) is 4.63. The number of anilines is 1. The lowest BCUT2D eigenvalue weighted by atomic mass is 10.1. The predicted octanol–water partition coefficient (Wildman–Crippen LogP) is 3.23. The fourth-order valence-electron chi connectivity index (χ4n) is 2.05. The summed E-state index contributed by atoms with van der Waals surface area (Å²) in [4.78, 5) is 13.4. The predicted molar refractivity (Wildman–Crippen MR) is 70.0 cm³/mol. The third-order valence-corrected chi connectivity index (χ3v) is 4.03. The Hall–Kier alpha value is -1.68. The van der Waals surface area contributed by atoms with Gasteiger partial charge in [-0.15, -0.1) is 20.5 Å². The van der Waals surface area contributed by atoms with Gasteiger partial charge in [0, 0.05) is 18.0 Å². The number of halogens is 4. The summed E-state index contributed by atoms with van der Waals surface area (Å²) in [7, 11) is 0. The summed E-state index contributed by atoms with van der Waals surface area (Å²) in [5.74, 6) is 0.605. The average Bonchev–Trinajstić information content (AvgIpc) is 2.91. The highest BCUT2D eigenvalue weighted by atomic mass is 32.2. The molecule has 0 aromatic heterocycles. The van der Waals surface area contributed by atoms with E-state index >= 15 is 0 Å². The number of nitrogens with zero attached hydrogens (tertiary/aromatic N) is 1. The van der Waals surface area contributed by atoms with Gasteiger partial charge in [-0.3, -0.25) is 0 Å². The van der Waals surface area contributed by atoms with E-state index in [4.69, 9.17) is 0 Å². The molecule has 22 heavy (non-hydrogen) atoms. The Balaban J connectivity index is 1.83. The van der Waals surface area contributed by atoms with E-state index in [1.54, 1.807) is 11.8 Å². The standard InChI is InChI=1S/C12H10F4N2O3S/c13-11(14)8-5-7(17-10(19)18-3-4-22-6-18)1-2-9(8)20-12(15,16)21-11/h1-2,5H,3-4,6H2,(H,17,19). The molecule has 1 aromatic rings. The van der Waals surface area contributed by atoms with Gasteiger partial charge in [-0.2, -0.15) is 8.78 Å². The molecule has 5 nitrogen and oxygen atoms in total.